The molecule has 1 aliphatic heterocycles. The lowest BCUT2D eigenvalue weighted by Crippen LogP contribution is -2.40. The fourth-order valence-corrected chi connectivity index (χ4v) is 5.09. The maximum absolute atomic E-state index is 12.7. The van der Waals surface area contributed by atoms with Crippen molar-refractivity contribution in [3.63, 3.8) is 0 Å². The van der Waals surface area contributed by atoms with E-state index in [4.69, 9.17) is 0 Å². The highest BCUT2D eigenvalue weighted by molar-refractivity contribution is 7.89. The number of sulfonamides is 1. The maximum Gasteiger partial charge on any atom is 0.243 e. The predicted octanol–water partition coefficient (Wildman–Crippen LogP) is 3.04. The molecule has 0 N–H and O–H groups in total. The van der Waals surface area contributed by atoms with Crippen molar-refractivity contribution in [3.8, 4) is 0 Å². The number of hydrogen-bond acceptors (Lipinski definition) is 4. The van der Waals surface area contributed by atoms with Crippen LogP contribution in [0.5, 0.6) is 0 Å². The second kappa shape index (κ2) is 7.27. The molecule has 1 aromatic heterocycles. The number of likely N-dealkylation sites (N-methyl/N-ethyl adjacent to an activating group) is 1. The SMILES string of the molecule is Cc1ccc(S(=O)(=O)N(C)CC(=O)N2CCCC2c2cccs2)cc1. The first-order chi connectivity index (χ1) is 11.9. The van der Waals surface area contributed by atoms with E-state index in [0.717, 1.165) is 27.6 Å². The Morgan fingerprint density at radius 2 is 2.00 bits per heavy atom. The summed E-state index contributed by atoms with van der Waals surface area (Å²) in [6.45, 7) is 2.44. The zero-order valence-corrected chi connectivity index (χ0v) is 16.0. The number of nitrogens with zero attached hydrogens (tertiary/aromatic N) is 2. The first kappa shape index (κ1) is 18.1. The molecule has 0 saturated carbocycles. The molecule has 25 heavy (non-hydrogen) atoms. The van der Waals surface area contributed by atoms with Gasteiger partial charge < -0.3 is 4.90 Å². The summed E-state index contributed by atoms with van der Waals surface area (Å²) in [5.74, 6) is -0.144. The Balaban J connectivity index is 1.72. The number of aryl methyl sites for hydroxylation is 1. The third-order valence-electron chi connectivity index (χ3n) is 4.53. The minimum absolute atomic E-state index is 0.0722. The molecule has 134 valence electrons. The van der Waals surface area contributed by atoms with Crippen molar-refractivity contribution < 1.29 is 13.2 Å². The molecule has 7 heteroatoms. The van der Waals surface area contributed by atoms with Gasteiger partial charge in [0.25, 0.3) is 0 Å². The smallest absolute Gasteiger partial charge is 0.243 e. The van der Waals surface area contributed by atoms with E-state index in [1.807, 2.05) is 29.3 Å². The van der Waals surface area contributed by atoms with Crippen LogP contribution in [-0.2, 0) is 14.8 Å². The highest BCUT2D eigenvalue weighted by atomic mass is 32.2. The number of thiophene rings is 1. The fraction of sp³-hybridized carbons (Fsp3) is 0.389. The van der Waals surface area contributed by atoms with Crippen LogP contribution in [0.1, 0.15) is 29.3 Å². The fourth-order valence-electron chi connectivity index (χ4n) is 3.10. The van der Waals surface area contributed by atoms with Crippen molar-refractivity contribution in [1.82, 2.24) is 9.21 Å². The highest BCUT2D eigenvalue weighted by Crippen LogP contribution is 2.34. The van der Waals surface area contributed by atoms with Crippen molar-refractivity contribution in [1.29, 1.82) is 0 Å². The van der Waals surface area contributed by atoms with Crippen molar-refractivity contribution in [2.24, 2.45) is 0 Å². The predicted molar refractivity (Wildman–Crippen MR) is 99.0 cm³/mol. The zero-order chi connectivity index (χ0) is 18.0. The van der Waals surface area contributed by atoms with Crippen molar-refractivity contribution >= 4 is 27.3 Å². The molecule has 5 nitrogen and oxygen atoms in total. The Hall–Kier alpha value is -1.70. The number of amides is 1. The van der Waals surface area contributed by atoms with Crippen LogP contribution in [0.4, 0.5) is 0 Å². The van der Waals surface area contributed by atoms with Gasteiger partial charge in [0.1, 0.15) is 0 Å². The number of carbonyl (C=O) groups excluding carboxylic acids is 1. The molecular formula is C18H22N2O3S2. The third-order valence-corrected chi connectivity index (χ3v) is 7.32. The summed E-state index contributed by atoms with van der Waals surface area (Å²) >= 11 is 1.64. The van der Waals surface area contributed by atoms with Crippen LogP contribution in [0.25, 0.3) is 0 Å². The van der Waals surface area contributed by atoms with Crippen LogP contribution < -0.4 is 0 Å². The van der Waals surface area contributed by atoms with E-state index in [0.29, 0.717) is 6.54 Å². The Morgan fingerprint density at radius 3 is 2.64 bits per heavy atom. The largest absolute Gasteiger partial charge is 0.334 e. The van der Waals surface area contributed by atoms with Crippen LogP contribution in [0.3, 0.4) is 0 Å². The molecule has 1 saturated heterocycles. The molecule has 1 amide bonds. The number of likely N-dealkylation sites (tertiary alicyclic amines) is 1. The molecule has 1 aliphatic rings. The Bertz CT molecular complexity index is 830. The van der Waals surface area contributed by atoms with Gasteiger partial charge in [-0.05, 0) is 43.3 Å². The lowest BCUT2D eigenvalue weighted by Gasteiger charge is -2.26. The molecule has 1 fully saturated rings. The molecule has 1 aromatic carbocycles. The van der Waals surface area contributed by atoms with E-state index >= 15 is 0 Å². The summed E-state index contributed by atoms with van der Waals surface area (Å²) in [6.07, 6.45) is 1.88. The normalized spacial score (nSPS) is 18.0. The molecule has 1 unspecified atom stereocenters. The van der Waals surface area contributed by atoms with Crippen molar-refractivity contribution in [3.05, 3.63) is 52.2 Å². The van der Waals surface area contributed by atoms with Gasteiger partial charge in [0.2, 0.25) is 15.9 Å². The third kappa shape index (κ3) is 3.78. The van der Waals surface area contributed by atoms with E-state index in [1.54, 1.807) is 35.6 Å². The quantitative estimate of drug-likeness (QED) is 0.803. The molecule has 0 bridgehead atoms. The summed E-state index contributed by atoms with van der Waals surface area (Å²) in [5, 5.41) is 2.00. The topological polar surface area (TPSA) is 57.7 Å². The minimum Gasteiger partial charge on any atom is -0.334 e. The summed E-state index contributed by atoms with van der Waals surface area (Å²) in [6, 6.07) is 10.8. The van der Waals surface area contributed by atoms with E-state index in [2.05, 4.69) is 0 Å². The number of benzene rings is 1. The molecule has 2 aromatic rings. The summed E-state index contributed by atoms with van der Waals surface area (Å²) in [7, 11) is -2.20. The average Bonchev–Trinajstić information content (AvgIpc) is 3.26. The number of carbonyl (C=O) groups is 1. The van der Waals surface area contributed by atoms with E-state index < -0.39 is 10.0 Å². The van der Waals surface area contributed by atoms with Crippen LogP contribution in [0, 0.1) is 6.92 Å². The molecule has 1 atom stereocenters. The van der Waals surface area contributed by atoms with Gasteiger partial charge in [0.05, 0.1) is 17.5 Å². The molecule has 0 spiro atoms. The monoisotopic (exact) mass is 378 g/mol. The van der Waals surface area contributed by atoms with Crippen molar-refractivity contribution in [2.75, 3.05) is 20.1 Å². The van der Waals surface area contributed by atoms with Gasteiger partial charge in [-0.25, -0.2) is 8.42 Å². The lowest BCUT2D eigenvalue weighted by atomic mass is 10.2. The molecule has 2 heterocycles. The van der Waals surface area contributed by atoms with Gasteiger partial charge in [-0.15, -0.1) is 11.3 Å². The second-order valence-electron chi connectivity index (χ2n) is 6.33. The van der Waals surface area contributed by atoms with Gasteiger partial charge in [0.15, 0.2) is 0 Å². The second-order valence-corrected chi connectivity index (χ2v) is 9.36. The van der Waals surface area contributed by atoms with Gasteiger partial charge in [-0.2, -0.15) is 4.31 Å². The lowest BCUT2D eigenvalue weighted by molar-refractivity contribution is -0.132. The van der Waals surface area contributed by atoms with Crippen LogP contribution in [-0.4, -0.2) is 43.7 Å². The van der Waals surface area contributed by atoms with E-state index in [1.165, 1.54) is 7.05 Å². The van der Waals surface area contributed by atoms with Gasteiger partial charge in [-0.3, -0.25) is 4.79 Å². The summed E-state index contributed by atoms with van der Waals surface area (Å²) in [5.41, 5.74) is 0.994. The first-order valence-electron chi connectivity index (χ1n) is 8.25. The molecule has 0 radical (unpaired) electrons. The zero-order valence-electron chi connectivity index (χ0n) is 14.4. The van der Waals surface area contributed by atoms with Gasteiger partial charge in [-0.1, -0.05) is 23.8 Å². The maximum atomic E-state index is 12.7. The van der Waals surface area contributed by atoms with Crippen LogP contribution in [0.15, 0.2) is 46.7 Å². The average molecular weight is 379 g/mol. The Labute approximate surface area is 152 Å². The Kier molecular flexibility index (Phi) is 5.27. The van der Waals surface area contributed by atoms with Crippen LogP contribution >= 0.6 is 11.3 Å². The summed E-state index contributed by atoms with van der Waals surface area (Å²) in [4.78, 5) is 15.9. The first-order valence-corrected chi connectivity index (χ1v) is 10.6. The standard InChI is InChI=1S/C18H22N2O3S2/c1-14-7-9-15(10-8-14)25(22,23)19(2)13-18(21)20-11-3-5-16(20)17-6-4-12-24-17/h4,6-10,12,16H,3,5,11,13H2,1-2H3. The number of hydrogen-bond donors (Lipinski definition) is 0. The molecule has 3 rings (SSSR count). The van der Waals surface area contributed by atoms with Crippen molar-refractivity contribution in [2.45, 2.75) is 30.7 Å². The Morgan fingerprint density at radius 1 is 1.28 bits per heavy atom. The van der Waals surface area contributed by atoms with E-state index in [9.17, 15) is 13.2 Å². The summed E-state index contributed by atoms with van der Waals surface area (Å²) < 4.78 is 26.5. The molecular weight excluding hydrogens is 356 g/mol. The van der Waals surface area contributed by atoms with Gasteiger partial charge in [0, 0.05) is 18.5 Å². The highest BCUT2D eigenvalue weighted by Gasteiger charge is 2.32. The van der Waals surface area contributed by atoms with Crippen LogP contribution in [0.2, 0.25) is 0 Å². The number of rotatable bonds is 5. The van der Waals surface area contributed by atoms with E-state index in [-0.39, 0.29) is 23.4 Å². The van der Waals surface area contributed by atoms with Gasteiger partial charge >= 0.3 is 0 Å². The molecule has 0 aliphatic carbocycles. The minimum atomic E-state index is -3.66.